The Morgan fingerprint density at radius 2 is 1.87 bits per heavy atom. The molecule has 0 aliphatic rings. The van der Waals surface area contributed by atoms with E-state index in [1.807, 2.05) is 0 Å². The van der Waals surface area contributed by atoms with Crippen LogP contribution in [0.15, 0.2) is 12.1 Å². The minimum absolute atomic E-state index is 0.135. The maximum absolute atomic E-state index is 11.8. The molecule has 1 N–H and O–H groups in total. The van der Waals surface area contributed by atoms with E-state index in [9.17, 15) is 4.39 Å². The highest BCUT2D eigenvalue weighted by atomic mass is 35.5. The molecule has 84 valence electrons. The van der Waals surface area contributed by atoms with E-state index in [0.717, 1.165) is 0 Å². The number of alkyl halides is 1. The van der Waals surface area contributed by atoms with Gasteiger partial charge in [-0.1, -0.05) is 23.2 Å². The van der Waals surface area contributed by atoms with Crippen molar-refractivity contribution in [3.05, 3.63) is 27.7 Å². The van der Waals surface area contributed by atoms with Gasteiger partial charge in [0, 0.05) is 6.42 Å². The van der Waals surface area contributed by atoms with E-state index in [1.165, 1.54) is 0 Å². The molecule has 0 spiro atoms. The largest absolute Gasteiger partial charge is 0.490 e. The van der Waals surface area contributed by atoms with Gasteiger partial charge in [-0.2, -0.15) is 0 Å². The Hall–Kier alpha value is -0.510. The molecule has 0 bridgehead atoms. The maximum Gasteiger partial charge on any atom is 0.156 e. The second kappa shape index (κ2) is 6.16. The molecule has 1 aromatic carbocycles. The molecule has 0 radical (unpaired) electrons. The monoisotopic (exact) mass is 252 g/mol. The molecule has 5 heteroatoms. The van der Waals surface area contributed by atoms with Gasteiger partial charge in [-0.05, 0) is 17.7 Å². The van der Waals surface area contributed by atoms with Gasteiger partial charge >= 0.3 is 0 Å². The molecule has 0 heterocycles. The highest BCUT2D eigenvalue weighted by Crippen LogP contribution is 2.34. The summed E-state index contributed by atoms with van der Waals surface area (Å²) in [5.41, 5.74) is 0.614. The highest BCUT2D eigenvalue weighted by molar-refractivity contribution is 6.37. The first-order valence-electron chi connectivity index (χ1n) is 4.46. The van der Waals surface area contributed by atoms with E-state index in [1.54, 1.807) is 12.1 Å². The van der Waals surface area contributed by atoms with Gasteiger partial charge in [0.15, 0.2) is 5.75 Å². The molecule has 0 atom stereocenters. The number of aliphatic hydroxyl groups is 1. The van der Waals surface area contributed by atoms with Gasteiger partial charge in [-0.25, -0.2) is 0 Å². The average molecular weight is 253 g/mol. The fourth-order valence-corrected chi connectivity index (χ4v) is 1.71. The Morgan fingerprint density at radius 1 is 1.27 bits per heavy atom. The van der Waals surface area contributed by atoms with Gasteiger partial charge in [-0.15, -0.1) is 0 Å². The molecule has 0 unspecified atom stereocenters. The van der Waals surface area contributed by atoms with Gasteiger partial charge in [0.1, 0.15) is 0 Å². The first-order chi connectivity index (χ1) is 7.19. The van der Waals surface area contributed by atoms with Crippen LogP contribution >= 0.6 is 23.2 Å². The van der Waals surface area contributed by atoms with Crippen molar-refractivity contribution in [3.8, 4) is 5.75 Å². The van der Waals surface area contributed by atoms with Crippen molar-refractivity contribution in [2.75, 3.05) is 13.3 Å². The summed E-state index contributed by atoms with van der Waals surface area (Å²) in [7, 11) is 0. The second-order valence-corrected chi connectivity index (χ2v) is 3.75. The number of aliphatic hydroxyl groups excluding tert-OH is 1. The van der Waals surface area contributed by atoms with Gasteiger partial charge in [0.05, 0.1) is 29.9 Å². The van der Waals surface area contributed by atoms with Crippen molar-refractivity contribution in [1.29, 1.82) is 0 Å². The Bertz CT molecular complexity index is 308. The third-order valence-electron chi connectivity index (χ3n) is 1.77. The summed E-state index contributed by atoms with van der Waals surface area (Å²) in [6.07, 6.45) is 0.300. The summed E-state index contributed by atoms with van der Waals surface area (Å²) >= 11 is 11.8. The molecule has 2 nitrogen and oxygen atoms in total. The van der Waals surface area contributed by atoms with Gasteiger partial charge in [0.2, 0.25) is 0 Å². The van der Waals surface area contributed by atoms with Gasteiger partial charge < -0.3 is 9.84 Å². The Labute approximate surface area is 97.6 Å². The molecule has 15 heavy (non-hydrogen) atoms. The third kappa shape index (κ3) is 3.52. The van der Waals surface area contributed by atoms with Crippen LogP contribution in [0, 0.1) is 0 Å². The lowest BCUT2D eigenvalue weighted by Gasteiger charge is -2.10. The molecule has 0 aliphatic heterocycles. The zero-order valence-electron chi connectivity index (χ0n) is 7.97. The van der Waals surface area contributed by atoms with E-state index in [2.05, 4.69) is 0 Å². The van der Waals surface area contributed by atoms with Crippen LogP contribution in [0.4, 0.5) is 4.39 Å². The second-order valence-electron chi connectivity index (χ2n) is 2.94. The Kier molecular flexibility index (Phi) is 5.15. The Balaban J connectivity index is 2.79. The van der Waals surface area contributed by atoms with Gasteiger partial charge in [-0.3, -0.25) is 4.39 Å². The number of rotatable bonds is 5. The van der Waals surface area contributed by atoms with Crippen LogP contribution in [0.2, 0.25) is 10.0 Å². The van der Waals surface area contributed by atoms with Crippen molar-refractivity contribution in [3.63, 3.8) is 0 Å². The predicted molar refractivity (Wildman–Crippen MR) is 58.5 cm³/mol. The van der Waals surface area contributed by atoms with E-state index >= 15 is 0 Å². The van der Waals surface area contributed by atoms with Crippen LogP contribution in [0.3, 0.4) is 0 Å². The van der Waals surface area contributed by atoms with Crippen LogP contribution in [0.25, 0.3) is 0 Å². The summed E-state index contributed by atoms with van der Waals surface area (Å²) in [5, 5.41) is 9.53. The van der Waals surface area contributed by atoms with E-state index in [0.29, 0.717) is 27.8 Å². The molecule has 0 fully saturated rings. The van der Waals surface area contributed by atoms with Crippen LogP contribution in [-0.2, 0) is 6.61 Å². The summed E-state index contributed by atoms with van der Waals surface area (Å²) in [6.45, 7) is -0.345. The molecule has 1 rings (SSSR count). The van der Waals surface area contributed by atoms with Crippen molar-refractivity contribution in [2.45, 2.75) is 13.0 Å². The molecular weight excluding hydrogens is 242 g/mol. The minimum Gasteiger partial charge on any atom is -0.490 e. The minimum atomic E-state index is -0.441. The molecule has 0 saturated heterocycles. The number of hydrogen-bond donors (Lipinski definition) is 1. The van der Waals surface area contributed by atoms with Gasteiger partial charge in [0.25, 0.3) is 0 Å². The van der Waals surface area contributed by atoms with E-state index in [-0.39, 0.29) is 13.2 Å². The quantitative estimate of drug-likeness (QED) is 0.816. The average Bonchev–Trinajstić information content (AvgIpc) is 2.22. The highest BCUT2D eigenvalue weighted by Gasteiger charge is 2.09. The van der Waals surface area contributed by atoms with E-state index < -0.39 is 6.67 Å². The number of halogens is 3. The van der Waals surface area contributed by atoms with Crippen molar-refractivity contribution in [2.24, 2.45) is 0 Å². The molecule has 1 aromatic rings. The van der Waals surface area contributed by atoms with Crippen molar-refractivity contribution in [1.82, 2.24) is 0 Å². The fraction of sp³-hybridized carbons (Fsp3) is 0.400. The normalized spacial score (nSPS) is 10.4. The summed E-state index contributed by atoms with van der Waals surface area (Å²) in [6, 6.07) is 3.14. The summed E-state index contributed by atoms with van der Waals surface area (Å²) < 4.78 is 17.1. The topological polar surface area (TPSA) is 29.5 Å². The third-order valence-corrected chi connectivity index (χ3v) is 2.33. The first kappa shape index (κ1) is 12.6. The molecule has 0 saturated carbocycles. The van der Waals surface area contributed by atoms with Crippen LogP contribution in [0.5, 0.6) is 5.75 Å². The zero-order chi connectivity index (χ0) is 11.3. The lowest BCUT2D eigenvalue weighted by molar-refractivity contribution is 0.280. The molecule has 0 aromatic heterocycles. The van der Waals surface area contributed by atoms with Crippen LogP contribution in [-0.4, -0.2) is 18.4 Å². The lowest BCUT2D eigenvalue weighted by Crippen LogP contribution is -2.00. The van der Waals surface area contributed by atoms with Crippen LogP contribution in [0.1, 0.15) is 12.0 Å². The van der Waals surface area contributed by atoms with Crippen molar-refractivity contribution < 1.29 is 14.2 Å². The Morgan fingerprint density at radius 3 is 2.33 bits per heavy atom. The standard InChI is InChI=1S/C10H11Cl2FO2/c11-8-4-7(6-14)5-9(12)10(8)15-3-1-2-13/h4-5,14H,1-3,6H2. The SMILES string of the molecule is OCc1cc(Cl)c(OCCCF)c(Cl)c1. The number of ether oxygens (including phenoxy) is 1. The summed E-state index contributed by atoms with van der Waals surface area (Å²) in [5.74, 6) is 0.337. The summed E-state index contributed by atoms with van der Waals surface area (Å²) in [4.78, 5) is 0. The molecule has 0 aliphatic carbocycles. The van der Waals surface area contributed by atoms with E-state index in [4.69, 9.17) is 33.0 Å². The number of hydrogen-bond acceptors (Lipinski definition) is 2. The fourth-order valence-electron chi connectivity index (χ4n) is 1.07. The molecule has 0 amide bonds. The number of benzene rings is 1. The first-order valence-corrected chi connectivity index (χ1v) is 5.22. The zero-order valence-corrected chi connectivity index (χ0v) is 9.48. The lowest BCUT2D eigenvalue weighted by atomic mass is 10.2. The smallest absolute Gasteiger partial charge is 0.156 e. The van der Waals surface area contributed by atoms with Crippen molar-refractivity contribution >= 4 is 23.2 Å². The predicted octanol–water partition coefficient (Wildman–Crippen LogP) is 3.22. The van der Waals surface area contributed by atoms with Crippen LogP contribution < -0.4 is 4.74 Å². The maximum atomic E-state index is 11.8. The molecular formula is C10H11Cl2FO2.